The zero-order valence-electron chi connectivity index (χ0n) is 14.2. The molecule has 0 saturated heterocycles. The van der Waals surface area contributed by atoms with Gasteiger partial charge in [-0.2, -0.15) is 28.1 Å². The number of halogens is 7. The zero-order valence-corrected chi connectivity index (χ0v) is 14.2. The van der Waals surface area contributed by atoms with Gasteiger partial charge in [-0.15, -0.1) is 0 Å². The van der Waals surface area contributed by atoms with Gasteiger partial charge in [-0.3, -0.25) is 0 Å². The van der Waals surface area contributed by atoms with E-state index >= 15 is 0 Å². The molecule has 1 aliphatic rings. The van der Waals surface area contributed by atoms with E-state index in [1.54, 1.807) is 0 Å². The van der Waals surface area contributed by atoms with E-state index in [-0.39, 0.29) is 12.8 Å². The minimum absolute atomic E-state index is 0.173. The number of anilines is 2. The second-order valence-corrected chi connectivity index (χ2v) is 6.19. The number of alkyl halides is 7. The van der Waals surface area contributed by atoms with Gasteiger partial charge >= 0.3 is 6.18 Å². The van der Waals surface area contributed by atoms with Crippen molar-refractivity contribution in [3.05, 3.63) is 5.82 Å². The molecule has 0 aliphatic heterocycles. The fourth-order valence-electron chi connectivity index (χ4n) is 1.82. The third-order valence-electron chi connectivity index (χ3n) is 3.84. The van der Waals surface area contributed by atoms with E-state index in [0.717, 1.165) is 13.8 Å². The van der Waals surface area contributed by atoms with Crippen LogP contribution in [0.5, 0.6) is 0 Å². The maximum Gasteiger partial charge on any atom is 0.408 e. The lowest BCUT2D eigenvalue weighted by Gasteiger charge is -2.18. The predicted molar refractivity (Wildman–Crippen MR) is 82.6 cm³/mol. The number of rotatable bonds is 6. The van der Waals surface area contributed by atoms with Crippen LogP contribution in [-0.4, -0.2) is 46.1 Å². The summed E-state index contributed by atoms with van der Waals surface area (Å²) >= 11 is 0. The number of nitrogens with zero attached hydrogens (tertiary/aromatic N) is 3. The molecule has 1 aliphatic carbocycles. The molecule has 2 N–H and O–H groups in total. The van der Waals surface area contributed by atoms with Crippen molar-refractivity contribution in [2.75, 3.05) is 10.6 Å². The van der Waals surface area contributed by atoms with E-state index in [1.165, 1.54) is 0 Å². The molecule has 1 heterocycles. The highest BCUT2D eigenvalue weighted by Gasteiger charge is 2.50. The molecule has 12 heteroatoms. The van der Waals surface area contributed by atoms with E-state index in [4.69, 9.17) is 0 Å². The molecular formula is C15H16F7N5. The molecule has 1 unspecified atom stereocenters. The van der Waals surface area contributed by atoms with Crippen LogP contribution in [0.2, 0.25) is 0 Å². The summed E-state index contributed by atoms with van der Waals surface area (Å²) in [6, 6.07) is -3.45. The van der Waals surface area contributed by atoms with Crippen LogP contribution in [0.4, 0.5) is 42.6 Å². The van der Waals surface area contributed by atoms with Gasteiger partial charge in [-0.05, 0) is 32.6 Å². The van der Waals surface area contributed by atoms with Gasteiger partial charge in [0.05, 0.1) is 11.5 Å². The molecule has 1 aromatic rings. The molecule has 0 amide bonds. The van der Waals surface area contributed by atoms with Gasteiger partial charge in [0.15, 0.2) is 0 Å². The third kappa shape index (κ3) is 5.58. The van der Waals surface area contributed by atoms with Gasteiger partial charge in [0.1, 0.15) is 6.04 Å². The molecule has 2 atom stereocenters. The second-order valence-electron chi connectivity index (χ2n) is 6.19. The number of nitrogens with one attached hydrogen (secondary N) is 2. The van der Waals surface area contributed by atoms with Gasteiger partial charge in [0, 0.05) is 0 Å². The van der Waals surface area contributed by atoms with Crippen LogP contribution in [-0.2, 0) is 0 Å². The summed E-state index contributed by atoms with van der Waals surface area (Å²) in [5.41, 5.74) is -1.48. The first-order valence-electron chi connectivity index (χ1n) is 7.88. The van der Waals surface area contributed by atoms with Crippen LogP contribution in [0.15, 0.2) is 0 Å². The summed E-state index contributed by atoms with van der Waals surface area (Å²) in [4.78, 5) is 11.0. The van der Waals surface area contributed by atoms with Gasteiger partial charge in [0.2, 0.25) is 17.7 Å². The van der Waals surface area contributed by atoms with Crippen molar-refractivity contribution in [2.24, 2.45) is 5.41 Å². The van der Waals surface area contributed by atoms with E-state index in [2.05, 4.69) is 32.1 Å². The van der Waals surface area contributed by atoms with Crippen molar-refractivity contribution < 1.29 is 30.7 Å². The van der Waals surface area contributed by atoms with Gasteiger partial charge in [-0.1, -0.05) is 5.92 Å². The smallest absolute Gasteiger partial charge is 0.346 e. The molecule has 0 radical (unpaired) electrons. The average molecular weight is 399 g/mol. The molecule has 1 saturated carbocycles. The Morgan fingerprint density at radius 1 is 0.963 bits per heavy atom. The van der Waals surface area contributed by atoms with Crippen molar-refractivity contribution in [1.82, 2.24) is 15.0 Å². The first-order chi connectivity index (χ1) is 12.4. The van der Waals surface area contributed by atoms with Crippen molar-refractivity contribution >= 4 is 11.9 Å². The highest BCUT2D eigenvalue weighted by molar-refractivity contribution is 5.40. The molecular weight excluding hydrogens is 383 g/mol. The monoisotopic (exact) mass is 399 g/mol. The first kappa shape index (κ1) is 21.0. The Hall–Kier alpha value is -2.32. The van der Waals surface area contributed by atoms with Gasteiger partial charge < -0.3 is 10.6 Å². The van der Waals surface area contributed by atoms with Crippen LogP contribution < -0.4 is 10.6 Å². The van der Waals surface area contributed by atoms with Crippen LogP contribution in [0.3, 0.4) is 0 Å². The predicted octanol–water partition coefficient (Wildman–Crippen LogP) is 3.70. The Morgan fingerprint density at radius 2 is 1.52 bits per heavy atom. The lowest BCUT2D eigenvalue weighted by atomic mass is 10.1. The van der Waals surface area contributed by atoms with Crippen molar-refractivity contribution in [2.45, 2.75) is 57.8 Å². The normalized spacial score (nSPS) is 17.9. The largest absolute Gasteiger partial charge is 0.408 e. The molecule has 0 bridgehead atoms. The lowest BCUT2D eigenvalue weighted by Crippen LogP contribution is -2.34. The topological polar surface area (TPSA) is 62.7 Å². The van der Waals surface area contributed by atoms with Crippen LogP contribution in [0.1, 0.15) is 32.5 Å². The summed E-state index contributed by atoms with van der Waals surface area (Å²) in [6.07, 6.45) is -9.75. The minimum atomic E-state index is -4.62. The molecule has 150 valence electrons. The summed E-state index contributed by atoms with van der Waals surface area (Å²) in [5.74, 6) is 3.19. The summed E-state index contributed by atoms with van der Waals surface area (Å²) < 4.78 is 89.3. The quantitative estimate of drug-likeness (QED) is 0.564. The summed E-state index contributed by atoms with van der Waals surface area (Å²) in [5, 5.41) is 4.19. The highest BCUT2D eigenvalue weighted by atomic mass is 19.4. The van der Waals surface area contributed by atoms with Crippen molar-refractivity contribution in [3.8, 4) is 11.8 Å². The number of hydrogen-bond acceptors (Lipinski definition) is 5. The maximum atomic E-state index is 12.9. The molecule has 2 rings (SSSR count). The van der Waals surface area contributed by atoms with E-state index in [9.17, 15) is 30.7 Å². The SMILES string of the molecule is CC(Nc1nc(C#CC2(C(F)F)CC2)nc(N[C@H](C)C(F)(F)F)n1)C(F)F. The lowest BCUT2D eigenvalue weighted by molar-refractivity contribution is -0.138. The van der Waals surface area contributed by atoms with Gasteiger partial charge in [-0.25, -0.2) is 17.6 Å². The van der Waals surface area contributed by atoms with Crippen molar-refractivity contribution in [3.63, 3.8) is 0 Å². The van der Waals surface area contributed by atoms with Crippen LogP contribution >= 0.6 is 0 Å². The average Bonchev–Trinajstić information content (AvgIpc) is 3.33. The van der Waals surface area contributed by atoms with Crippen LogP contribution in [0, 0.1) is 17.3 Å². The standard InChI is InChI=1S/C15H16F7N5/c1-7(10(16)17)23-12-25-9(3-4-14(5-6-14)11(18)19)26-13(27-12)24-8(2)15(20,21)22/h7-8,10-11H,5-6H2,1-2H3,(H2,23,24,25,26,27)/t7?,8-/m1/s1. The number of aromatic nitrogens is 3. The van der Waals surface area contributed by atoms with E-state index in [1.807, 2.05) is 5.32 Å². The summed E-state index contributed by atoms with van der Waals surface area (Å²) in [7, 11) is 0. The third-order valence-corrected chi connectivity index (χ3v) is 3.84. The first-order valence-corrected chi connectivity index (χ1v) is 7.88. The highest BCUT2D eigenvalue weighted by Crippen LogP contribution is 2.50. The fraction of sp³-hybridized carbons (Fsp3) is 0.667. The Kier molecular flexibility index (Phi) is 6.01. The Balaban J connectivity index is 2.32. The Morgan fingerprint density at radius 3 is 1.96 bits per heavy atom. The molecule has 0 spiro atoms. The maximum absolute atomic E-state index is 12.9. The molecule has 27 heavy (non-hydrogen) atoms. The number of hydrogen-bond donors (Lipinski definition) is 2. The molecule has 1 fully saturated rings. The van der Waals surface area contributed by atoms with Crippen LogP contribution in [0.25, 0.3) is 0 Å². The van der Waals surface area contributed by atoms with E-state index < -0.39 is 54.2 Å². The molecule has 1 aromatic heterocycles. The fourth-order valence-corrected chi connectivity index (χ4v) is 1.82. The zero-order chi connectivity index (χ0) is 20.4. The molecule has 5 nitrogen and oxygen atoms in total. The molecule has 0 aromatic carbocycles. The van der Waals surface area contributed by atoms with Gasteiger partial charge in [0.25, 0.3) is 12.9 Å². The minimum Gasteiger partial charge on any atom is -0.346 e. The Labute approximate surface area is 150 Å². The second kappa shape index (κ2) is 7.74. The van der Waals surface area contributed by atoms with E-state index in [0.29, 0.717) is 0 Å². The van der Waals surface area contributed by atoms with Crippen molar-refractivity contribution in [1.29, 1.82) is 0 Å². The summed E-state index contributed by atoms with van der Waals surface area (Å²) in [6.45, 7) is 1.92. The Bertz CT molecular complexity index is 721.